The number of benzene rings is 1. The highest BCUT2D eigenvalue weighted by Crippen LogP contribution is 2.19. The molecule has 0 fully saturated rings. The molecular weight excluding hydrogens is 174 g/mol. The zero-order valence-corrected chi connectivity index (χ0v) is 9.26. The van der Waals surface area contributed by atoms with Gasteiger partial charge in [0, 0.05) is 0 Å². The van der Waals surface area contributed by atoms with Crippen LogP contribution in [0.5, 0.6) is 5.75 Å². The van der Waals surface area contributed by atoms with Crippen molar-refractivity contribution < 1.29 is 4.74 Å². The molecule has 0 spiro atoms. The summed E-state index contributed by atoms with van der Waals surface area (Å²) >= 11 is 0. The molecule has 78 valence electrons. The number of methoxy groups -OCH3 is 1. The summed E-state index contributed by atoms with van der Waals surface area (Å²) in [6.45, 7) is 6.23. The van der Waals surface area contributed by atoms with Gasteiger partial charge in [0.25, 0.3) is 0 Å². The Morgan fingerprint density at radius 1 is 1.36 bits per heavy atom. The Balaban J connectivity index is 2.65. The lowest BCUT2D eigenvalue weighted by Gasteiger charge is -2.09. The second-order valence-corrected chi connectivity index (χ2v) is 3.42. The molecule has 0 aliphatic heterocycles. The highest BCUT2D eigenvalue weighted by atomic mass is 16.5. The number of aryl methyl sites for hydroxylation is 1. The maximum absolute atomic E-state index is 5.33. The van der Waals surface area contributed by atoms with Crippen molar-refractivity contribution in [1.82, 2.24) is 5.32 Å². The van der Waals surface area contributed by atoms with E-state index in [1.54, 1.807) is 7.11 Å². The van der Waals surface area contributed by atoms with Gasteiger partial charge in [-0.2, -0.15) is 0 Å². The molecule has 0 saturated heterocycles. The molecule has 0 radical (unpaired) electrons. The lowest BCUT2D eigenvalue weighted by Crippen LogP contribution is -2.16. The first kappa shape index (κ1) is 11.1. The summed E-state index contributed by atoms with van der Waals surface area (Å²) in [5.41, 5.74) is 2.52. The van der Waals surface area contributed by atoms with Gasteiger partial charge in [0.05, 0.1) is 7.11 Å². The van der Waals surface area contributed by atoms with Gasteiger partial charge in [-0.25, -0.2) is 0 Å². The molecule has 0 unspecified atom stereocenters. The predicted octanol–water partition coefficient (Wildman–Crippen LogP) is 2.16. The lowest BCUT2D eigenvalue weighted by atomic mass is 10.1. The second-order valence-electron chi connectivity index (χ2n) is 3.42. The molecule has 2 nitrogen and oxygen atoms in total. The summed E-state index contributed by atoms with van der Waals surface area (Å²) in [6.07, 6.45) is 1.03. The van der Waals surface area contributed by atoms with Crippen LogP contribution in [0.25, 0.3) is 0 Å². The molecule has 0 aliphatic carbocycles. The molecule has 0 heterocycles. The summed E-state index contributed by atoms with van der Waals surface area (Å²) < 4.78 is 5.33. The Morgan fingerprint density at radius 3 is 2.79 bits per heavy atom. The van der Waals surface area contributed by atoms with E-state index < -0.39 is 0 Å². The fourth-order valence-corrected chi connectivity index (χ4v) is 1.46. The summed E-state index contributed by atoms with van der Waals surface area (Å²) in [6, 6.07) is 6.36. The first-order chi connectivity index (χ1) is 6.77. The highest BCUT2D eigenvalue weighted by Gasteiger charge is 2.01. The molecular formula is C12H19NO. The van der Waals surface area contributed by atoms with Crippen molar-refractivity contribution in [2.45, 2.75) is 20.3 Å². The molecule has 0 aromatic heterocycles. The number of ether oxygens (including phenoxy) is 1. The molecule has 2 heteroatoms. The third kappa shape index (κ3) is 3.04. The first-order valence-corrected chi connectivity index (χ1v) is 5.12. The van der Waals surface area contributed by atoms with E-state index in [0.29, 0.717) is 0 Å². The van der Waals surface area contributed by atoms with Crippen LogP contribution in [0.1, 0.15) is 18.1 Å². The molecule has 1 N–H and O–H groups in total. The highest BCUT2D eigenvalue weighted by molar-refractivity contribution is 5.37. The van der Waals surface area contributed by atoms with Gasteiger partial charge in [-0.3, -0.25) is 0 Å². The molecule has 1 aromatic rings. The SMILES string of the molecule is CCNCCc1ccc(C)cc1OC. The van der Waals surface area contributed by atoms with E-state index in [1.807, 2.05) is 0 Å². The zero-order chi connectivity index (χ0) is 10.4. The van der Waals surface area contributed by atoms with E-state index in [9.17, 15) is 0 Å². The minimum atomic E-state index is 1.00. The van der Waals surface area contributed by atoms with Crippen LogP contribution in [0.2, 0.25) is 0 Å². The molecule has 14 heavy (non-hydrogen) atoms. The van der Waals surface area contributed by atoms with Crippen molar-refractivity contribution in [1.29, 1.82) is 0 Å². The third-order valence-electron chi connectivity index (χ3n) is 2.26. The molecule has 1 rings (SSSR count). The fourth-order valence-electron chi connectivity index (χ4n) is 1.46. The summed E-state index contributed by atoms with van der Waals surface area (Å²) in [5, 5.41) is 3.31. The monoisotopic (exact) mass is 193 g/mol. The molecule has 0 bridgehead atoms. The van der Waals surface area contributed by atoms with E-state index in [2.05, 4.69) is 37.4 Å². The van der Waals surface area contributed by atoms with Crippen LogP contribution in [0.3, 0.4) is 0 Å². The largest absolute Gasteiger partial charge is 0.496 e. The van der Waals surface area contributed by atoms with E-state index in [0.717, 1.165) is 25.3 Å². The van der Waals surface area contributed by atoms with Gasteiger partial charge in [-0.15, -0.1) is 0 Å². The van der Waals surface area contributed by atoms with Crippen molar-refractivity contribution in [2.24, 2.45) is 0 Å². The normalized spacial score (nSPS) is 10.2. The van der Waals surface area contributed by atoms with Gasteiger partial charge in [0.2, 0.25) is 0 Å². The zero-order valence-electron chi connectivity index (χ0n) is 9.26. The summed E-state index contributed by atoms with van der Waals surface area (Å²) in [5.74, 6) is 1.00. The van der Waals surface area contributed by atoms with Crippen molar-refractivity contribution >= 4 is 0 Å². The fraction of sp³-hybridized carbons (Fsp3) is 0.500. The average Bonchev–Trinajstić information content (AvgIpc) is 2.20. The summed E-state index contributed by atoms with van der Waals surface area (Å²) in [7, 11) is 1.73. The maximum Gasteiger partial charge on any atom is 0.122 e. The molecule has 0 amide bonds. The lowest BCUT2D eigenvalue weighted by molar-refractivity contribution is 0.409. The van der Waals surface area contributed by atoms with Gasteiger partial charge in [-0.1, -0.05) is 19.1 Å². The number of hydrogen-bond donors (Lipinski definition) is 1. The number of nitrogens with one attached hydrogen (secondary N) is 1. The van der Waals surface area contributed by atoms with Crippen molar-refractivity contribution in [3.63, 3.8) is 0 Å². The van der Waals surface area contributed by atoms with Crippen molar-refractivity contribution in [3.8, 4) is 5.75 Å². The Hall–Kier alpha value is -1.02. The third-order valence-corrected chi connectivity index (χ3v) is 2.26. The quantitative estimate of drug-likeness (QED) is 0.723. The van der Waals surface area contributed by atoms with Crippen molar-refractivity contribution in [2.75, 3.05) is 20.2 Å². The minimum Gasteiger partial charge on any atom is -0.496 e. The van der Waals surface area contributed by atoms with Gasteiger partial charge < -0.3 is 10.1 Å². The van der Waals surface area contributed by atoms with Gasteiger partial charge in [0.1, 0.15) is 5.75 Å². The van der Waals surface area contributed by atoms with Crippen LogP contribution >= 0.6 is 0 Å². The van der Waals surface area contributed by atoms with Gasteiger partial charge in [-0.05, 0) is 43.6 Å². The first-order valence-electron chi connectivity index (χ1n) is 5.12. The van der Waals surface area contributed by atoms with Crippen LogP contribution in [0, 0.1) is 6.92 Å². The van der Waals surface area contributed by atoms with Crippen LogP contribution in [0.4, 0.5) is 0 Å². The number of rotatable bonds is 5. The minimum absolute atomic E-state index is 1.00. The summed E-state index contributed by atoms with van der Waals surface area (Å²) in [4.78, 5) is 0. The van der Waals surface area contributed by atoms with Gasteiger partial charge in [0.15, 0.2) is 0 Å². The van der Waals surface area contributed by atoms with E-state index in [-0.39, 0.29) is 0 Å². The van der Waals surface area contributed by atoms with Crippen LogP contribution in [-0.2, 0) is 6.42 Å². The predicted molar refractivity (Wildman–Crippen MR) is 60.0 cm³/mol. The number of likely N-dealkylation sites (N-methyl/N-ethyl adjacent to an activating group) is 1. The molecule has 1 aromatic carbocycles. The standard InChI is InChI=1S/C12H19NO/c1-4-13-8-7-11-6-5-10(2)9-12(11)14-3/h5-6,9,13H,4,7-8H2,1-3H3. The average molecular weight is 193 g/mol. The molecule has 0 saturated carbocycles. The Morgan fingerprint density at radius 2 is 2.14 bits per heavy atom. The Bertz CT molecular complexity index is 284. The number of hydrogen-bond acceptors (Lipinski definition) is 2. The van der Waals surface area contributed by atoms with E-state index >= 15 is 0 Å². The van der Waals surface area contributed by atoms with Crippen molar-refractivity contribution in [3.05, 3.63) is 29.3 Å². The molecule has 0 aliphatic rings. The van der Waals surface area contributed by atoms with Gasteiger partial charge >= 0.3 is 0 Å². The Kier molecular flexibility index (Phi) is 4.47. The maximum atomic E-state index is 5.33. The smallest absolute Gasteiger partial charge is 0.122 e. The van der Waals surface area contributed by atoms with E-state index in [1.165, 1.54) is 11.1 Å². The van der Waals surface area contributed by atoms with E-state index in [4.69, 9.17) is 4.74 Å². The topological polar surface area (TPSA) is 21.3 Å². The van der Waals surface area contributed by atoms with Crippen LogP contribution < -0.4 is 10.1 Å². The van der Waals surface area contributed by atoms with Crippen LogP contribution in [0.15, 0.2) is 18.2 Å². The second kappa shape index (κ2) is 5.66. The van der Waals surface area contributed by atoms with Crippen LogP contribution in [-0.4, -0.2) is 20.2 Å². The molecule has 0 atom stereocenters. The Labute approximate surface area is 86.3 Å².